The first-order chi connectivity index (χ1) is 13.0. The van der Waals surface area contributed by atoms with Gasteiger partial charge >= 0.3 is 5.97 Å². The molecule has 4 atom stereocenters. The van der Waals surface area contributed by atoms with E-state index in [1.807, 2.05) is 18.2 Å². The molecule has 0 radical (unpaired) electrons. The molecule has 0 aromatic carbocycles. The van der Waals surface area contributed by atoms with Gasteiger partial charge in [-0.15, -0.1) is 0 Å². The SMILES string of the molecule is CC/C=C\C/C=C\C[C@H](O)/C=C/[C@H]1C(=O)C[C@@H](O)[C@H]1C/C=C\CCC(=O)O. The second-order valence-electron chi connectivity index (χ2n) is 6.84. The number of rotatable bonds is 12. The summed E-state index contributed by atoms with van der Waals surface area (Å²) in [5.41, 5.74) is 0. The predicted molar refractivity (Wildman–Crippen MR) is 106 cm³/mol. The molecular formula is C22H32O5. The lowest BCUT2D eigenvalue weighted by Gasteiger charge is -2.16. The molecule has 27 heavy (non-hydrogen) atoms. The van der Waals surface area contributed by atoms with Crippen LogP contribution in [0.1, 0.15) is 51.9 Å². The van der Waals surface area contributed by atoms with Crippen molar-refractivity contribution in [2.75, 3.05) is 0 Å². The van der Waals surface area contributed by atoms with Gasteiger partial charge in [-0.2, -0.15) is 0 Å². The zero-order chi connectivity index (χ0) is 20.1. The Kier molecular flexibility index (Phi) is 11.3. The van der Waals surface area contributed by atoms with E-state index < -0.39 is 24.1 Å². The number of carboxylic acids is 1. The third-order valence-electron chi connectivity index (χ3n) is 4.60. The van der Waals surface area contributed by atoms with Gasteiger partial charge in [0.25, 0.3) is 0 Å². The largest absolute Gasteiger partial charge is 0.481 e. The molecule has 5 nitrogen and oxygen atoms in total. The Bertz CT molecular complexity index is 573. The highest BCUT2D eigenvalue weighted by Crippen LogP contribution is 2.33. The van der Waals surface area contributed by atoms with Gasteiger partial charge in [0.05, 0.1) is 12.2 Å². The molecule has 0 aromatic rings. The van der Waals surface area contributed by atoms with Crippen molar-refractivity contribution in [1.29, 1.82) is 0 Å². The topological polar surface area (TPSA) is 94.8 Å². The molecule has 0 bridgehead atoms. The highest BCUT2D eigenvalue weighted by atomic mass is 16.4. The maximum absolute atomic E-state index is 12.1. The number of carbonyl (C=O) groups is 2. The third-order valence-corrected chi connectivity index (χ3v) is 4.60. The van der Waals surface area contributed by atoms with E-state index in [0.29, 0.717) is 19.3 Å². The number of Topliss-reactive ketones (excluding diaryl/α,β-unsaturated/α-hetero) is 1. The molecule has 5 heteroatoms. The first kappa shape index (κ1) is 23.1. The van der Waals surface area contributed by atoms with E-state index >= 15 is 0 Å². The summed E-state index contributed by atoms with van der Waals surface area (Å²) in [6.45, 7) is 2.08. The van der Waals surface area contributed by atoms with E-state index in [-0.39, 0.29) is 24.5 Å². The molecule has 0 heterocycles. The van der Waals surface area contributed by atoms with Crippen LogP contribution in [0.25, 0.3) is 0 Å². The van der Waals surface area contributed by atoms with Crippen molar-refractivity contribution in [3.05, 3.63) is 48.6 Å². The van der Waals surface area contributed by atoms with Crippen molar-refractivity contribution >= 4 is 11.8 Å². The molecule has 0 spiro atoms. The number of carboxylic acid groups (broad SMARTS) is 1. The molecule has 3 N–H and O–H groups in total. The summed E-state index contributed by atoms with van der Waals surface area (Å²) in [6, 6.07) is 0. The molecule has 0 saturated heterocycles. The Labute approximate surface area is 161 Å². The van der Waals surface area contributed by atoms with Crippen LogP contribution in [0.4, 0.5) is 0 Å². The number of ketones is 1. The molecule has 1 saturated carbocycles. The van der Waals surface area contributed by atoms with Gasteiger partial charge in [-0.05, 0) is 32.1 Å². The van der Waals surface area contributed by atoms with Crippen molar-refractivity contribution in [1.82, 2.24) is 0 Å². The zero-order valence-electron chi connectivity index (χ0n) is 16.0. The fourth-order valence-corrected chi connectivity index (χ4v) is 3.10. The molecule has 1 rings (SSSR count). The maximum atomic E-state index is 12.1. The van der Waals surface area contributed by atoms with Gasteiger partial charge in [0.2, 0.25) is 0 Å². The van der Waals surface area contributed by atoms with Crippen LogP contribution in [-0.4, -0.2) is 39.3 Å². The van der Waals surface area contributed by atoms with Crippen molar-refractivity contribution in [2.45, 2.75) is 64.1 Å². The van der Waals surface area contributed by atoms with Crippen LogP contribution in [0.5, 0.6) is 0 Å². The molecule has 0 amide bonds. The third kappa shape index (κ3) is 9.50. The second kappa shape index (κ2) is 13.2. The minimum absolute atomic E-state index is 0.0184. The summed E-state index contributed by atoms with van der Waals surface area (Å²) in [6.07, 6.45) is 17.2. The Balaban J connectivity index is 2.50. The average Bonchev–Trinajstić information content (AvgIpc) is 2.88. The first-order valence-corrected chi connectivity index (χ1v) is 9.69. The van der Waals surface area contributed by atoms with Crippen molar-refractivity contribution in [3.8, 4) is 0 Å². The van der Waals surface area contributed by atoms with E-state index in [0.717, 1.165) is 12.8 Å². The fourth-order valence-electron chi connectivity index (χ4n) is 3.10. The highest BCUT2D eigenvalue weighted by Gasteiger charge is 2.39. The molecule has 1 aliphatic rings. The second-order valence-corrected chi connectivity index (χ2v) is 6.84. The summed E-state index contributed by atoms with van der Waals surface area (Å²) in [7, 11) is 0. The van der Waals surface area contributed by atoms with Crippen molar-refractivity contribution in [3.63, 3.8) is 0 Å². The number of aliphatic hydroxyl groups excluding tert-OH is 2. The van der Waals surface area contributed by atoms with Gasteiger partial charge in [-0.25, -0.2) is 0 Å². The molecule has 1 aliphatic carbocycles. The Morgan fingerprint density at radius 3 is 2.63 bits per heavy atom. The first-order valence-electron chi connectivity index (χ1n) is 9.69. The van der Waals surface area contributed by atoms with Crippen molar-refractivity contribution < 1.29 is 24.9 Å². The Morgan fingerprint density at radius 2 is 1.93 bits per heavy atom. The van der Waals surface area contributed by atoms with E-state index in [1.165, 1.54) is 0 Å². The summed E-state index contributed by atoms with van der Waals surface area (Å²) < 4.78 is 0. The van der Waals surface area contributed by atoms with Gasteiger partial charge in [-0.1, -0.05) is 55.5 Å². The predicted octanol–water partition coefficient (Wildman–Crippen LogP) is 3.58. The quantitative estimate of drug-likeness (QED) is 0.453. The van der Waals surface area contributed by atoms with Gasteiger partial charge in [0, 0.05) is 24.7 Å². The van der Waals surface area contributed by atoms with Crippen LogP contribution < -0.4 is 0 Å². The molecule has 0 aliphatic heterocycles. The van der Waals surface area contributed by atoms with Crippen LogP contribution >= 0.6 is 0 Å². The number of aliphatic carboxylic acids is 1. The monoisotopic (exact) mass is 376 g/mol. The van der Waals surface area contributed by atoms with E-state index in [2.05, 4.69) is 19.1 Å². The maximum Gasteiger partial charge on any atom is 0.303 e. The number of carbonyl (C=O) groups excluding carboxylic acids is 1. The highest BCUT2D eigenvalue weighted by molar-refractivity contribution is 5.86. The van der Waals surface area contributed by atoms with Crippen molar-refractivity contribution in [2.24, 2.45) is 11.8 Å². The molecule has 150 valence electrons. The lowest BCUT2D eigenvalue weighted by atomic mass is 9.90. The van der Waals surface area contributed by atoms with E-state index in [9.17, 15) is 19.8 Å². The molecular weight excluding hydrogens is 344 g/mol. The van der Waals surface area contributed by atoms with Crippen LogP contribution in [0.2, 0.25) is 0 Å². The minimum Gasteiger partial charge on any atom is -0.481 e. The average molecular weight is 376 g/mol. The van der Waals surface area contributed by atoms with Gasteiger partial charge in [0.15, 0.2) is 0 Å². The standard InChI is InChI=1S/C22H32O5/c1-2-3-4-5-6-8-11-17(23)14-15-19-18(20(24)16-21(19)25)12-9-7-10-13-22(26)27/h3-4,6-9,14-15,17-20,23-24H,2,5,10-13,16H2,1H3,(H,26,27)/b4-3-,8-6-,9-7-,15-14+/t17-,18-,19+,20+/m0/s1. The van der Waals surface area contributed by atoms with Crippen LogP contribution in [0, 0.1) is 11.8 Å². The summed E-state index contributed by atoms with van der Waals surface area (Å²) in [5, 5.41) is 28.8. The smallest absolute Gasteiger partial charge is 0.303 e. The van der Waals surface area contributed by atoms with Gasteiger partial charge in [0.1, 0.15) is 5.78 Å². The van der Waals surface area contributed by atoms with Crippen LogP contribution in [0.15, 0.2) is 48.6 Å². The fraction of sp³-hybridized carbons (Fsp3) is 0.545. The normalized spacial score (nSPS) is 24.9. The molecule has 0 aromatic heterocycles. The molecule has 1 fully saturated rings. The number of hydrogen-bond acceptors (Lipinski definition) is 4. The summed E-state index contributed by atoms with van der Waals surface area (Å²) in [5.74, 6) is -1.50. The lowest BCUT2D eigenvalue weighted by molar-refractivity contribution is -0.136. The summed E-state index contributed by atoms with van der Waals surface area (Å²) >= 11 is 0. The van der Waals surface area contributed by atoms with E-state index in [4.69, 9.17) is 5.11 Å². The van der Waals surface area contributed by atoms with E-state index in [1.54, 1.807) is 18.2 Å². The molecule has 0 unspecified atom stereocenters. The Morgan fingerprint density at radius 1 is 1.19 bits per heavy atom. The number of aliphatic hydroxyl groups is 2. The Hall–Kier alpha value is -1.98. The summed E-state index contributed by atoms with van der Waals surface area (Å²) in [4.78, 5) is 22.6. The van der Waals surface area contributed by atoms with Gasteiger partial charge < -0.3 is 15.3 Å². The number of hydrogen-bond donors (Lipinski definition) is 3. The van der Waals surface area contributed by atoms with Crippen LogP contribution in [0.3, 0.4) is 0 Å². The lowest BCUT2D eigenvalue weighted by Crippen LogP contribution is -2.19. The zero-order valence-corrected chi connectivity index (χ0v) is 16.0. The number of allylic oxidation sites excluding steroid dienone is 6. The van der Waals surface area contributed by atoms with Crippen LogP contribution in [-0.2, 0) is 9.59 Å². The minimum atomic E-state index is -0.846. The van der Waals surface area contributed by atoms with Gasteiger partial charge in [-0.3, -0.25) is 9.59 Å².